The number of aliphatic carboxylic acids is 1. The van der Waals surface area contributed by atoms with Gasteiger partial charge in [0.1, 0.15) is 6.04 Å². The number of carbonyl (C=O) groups is 2. The number of carboxylic acids is 1. The highest BCUT2D eigenvalue weighted by molar-refractivity contribution is 6.33. The van der Waals surface area contributed by atoms with E-state index in [2.05, 4.69) is 5.32 Å². The zero-order valence-corrected chi connectivity index (χ0v) is 13.1. The van der Waals surface area contributed by atoms with Gasteiger partial charge in [0.2, 0.25) is 0 Å². The van der Waals surface area contributed by atoms with Crippen molar-refractivity contribution < 1.29 is 19.6 Å². The maximum atomic E-state index is 12.2. The Bertz CT molecular complexity index is 794. The predicted molar refractivity (Wildman–Crippen MR) is 87.1 cm³/mol. The van der Waals surface area contributed by atoms with Crippen LogP contribution in [0.15, 0.2) is 48.5 Å². The van der Waals surface area contributed by atoms with Crippen molar-refractivity contribution in [2.75, 3.05) is 0 Å². The quantitative estimate of drug-likeness (QED) is 0.616. The highest BCUT2D eigenvalue weighted by Gasteiger charge is 2.25. The van der Waals surface area contributed by atoms with Crippen molar-refractivity contribution in [1.82, 2.24) is 5.32 Å². The summed E-state index contributed by atoms with van der Waals surface area (Å²) in [7, 11) is 0. The summed E-state index contributed by atoms with van der Waals surface area (Å²) in [5.41, 5.74) is 0.151. The fourth-order valence-electron chi connectivity index (χ4n) is 2.16. The number of rotatable bonds is 6. The van der Waals surface area contributed by atoms with Crippen LogP contribution in [0.2, 0.25) is 5.02 Å². The number of nitro groups is 1. The van der Waals surface area contributed by atoms with Crippen molar-refractivity contribution >= 4 is 29.2 Å². The van der Waals surface area contributed by atoms with Crippen molar-refractivity contribution in [1.29, 1.82) is 0 Å². The van der Waals surface area contributed by atoms with Gasteiger partial charge >= 0.3 is 5.97 Å². The number of para-hydroxylation sites is 1. The van der Waals surface area contributed by atoms with E-state index in [1.807, 2.05) is 0 Å². The standard InChI is InChI=1S/C16H13ClN2O5/c17-12-7-3-2-6-11(12)15(20)18-13(16(21)22)9-10-5-1-4-8-14(10)19(23)24/h1-8,13H,9H2,(H,18,20)(H,21,22)/t13-/m0/s1. The molecule has 1 amide bonds. The highest BCUT2D eigenvalue weighted by atomic mass is 35.5. The number of benzene rings is 2. The molecule has 0 radical (unpaired) electrons. The van der Waals surface area contributed by atoms with Crippen LogP contribution >= 0.6 is 11.6 Å². The molecule has 0 bridgehead atoms. The summed E-state index contributed by atoms with van der Waals surface area (Å²) in [5.74, 6) is -1.96. The van der Waals surface area contributed by atoms with Crippen LogP contribution in [-0.4, -0.2) is 27.9 Å². The van der Waals surface area contributed by atoms with Crippen molar-refractivity contribution in [3.63, 3.8) is 0 Å². The molecule has 0 saturated heterocycles. The number of amides is 1. The van der Waals surface area contributed by atoms with E-state index in [4.69, 9.17) is 11.6 Å². The van der Waals surface area contributed by atoms with Gasteiger partial charge in [-0.1, -0.05) is 41.9 Å². The molecule has 0 spiro atoms. The molecule has 2 aromatic rings. The van der Waals surface area contributed by atoms with Crippen molar-refractivity contribution in [3.8, 4) is 0 Å². The number of carboxylic acid groups (broad SMARTS) is 1. The van der Waals surface area contributed by atoms with Gasteiger partial charge in [-0.3, -0.25) is 14.9 Å². The molecule has 0 aliphatic carbocycles. The summed E-state index contributed by atoms with van der Waals surface area (Å²) in [6.45, 7) is 0. The molecule has 7 nitrogen and oxygen atoms in total. The zero-order valence-electron chi connectivity index (χ0n) is 12.3. The van der Waals surface area contributed by atoms with E-state index in [1.54, 1.807) is 18.2 Å². The summed E-state index contributed by atoms with van der Waals surface area (Å²) in [6.07, 6.45) is -0.220. The molecule has 0 heterocycles. The average Bonchev–Trinajstić information content (AvgIpc) is 2.54. The first-order chi connectivity index (χ1) is 11.4. The summed E-state index contributed by atoms with van der Waals surface area (Å²) < 4.78 is 0. The number of hydrogen-bond acceptors (Lipinski definition) is 4. The fraction of sp³-hybridized carbons (Fsp3) is 0.125. The number of halogens is 1. The van der Waals surface area contributed by atoms with E-state index in [0.29, 0.717) is 0 Å². The normalized spacial score (nSPS) is 11.5. The van der Waals surface area contributed by atoms with Gasteiger partial charge in [0.15, 0.2) is 0 Å². The van der Waals surface area contributed by atoms with E-state index in [9.17, 15) is 24.8 Å². The van der Waals surface area contributed by atoms with Crippen LogP contribution in [0.3, 0.4) is 0 Å². The lowest BCUT2D eigenvalue weighted by atomic mass is 10.0. The second-order valence-corrected chi connectivity index (χ2v) is 5.34. The molecule has 1 atom stereocenters. The van der Waals surface area contributed by atoms with Crippen LogP contribution in [0, 0.1) is 10.1 Å². The van der Waals surface area contributed by atoms with Crippen molar-refractivity contribution in [2.45, 2.75) is 12.5 Å². The van der Waals surface area contributed by atoms with Gasteiger partial charge in [-0.05, 0) is 12.1 Å². The van der Waals surface area contributed by atoms with Crippen LogP contribution < -0.4 is 5.32 Å². The minimum Gasteiger partial charge on any atom is -0.480 e. The maximum Gasteiger partial charge on any atom is 0.326 e. The third kappa shape index (κ3) is 4.08. The molecule has 0 aliphatic heterocycles. The van der Waals surface area contributed by atoms with E-state index in [0.717, 1.165) is 0 Å². The van der Waals surface area contributed by atoms with Gasteiger partial charge in [0.05, 0.1) is 15.5 Å². The first-order valence-electron chi connectivity index (χ1n) is 6.90. The number of nitrogens with zero attached hydrogens (tertiary/aromatic N) is 1. The van der Waals surface area contributed by atoms with Gasteiger partial charge < -0.3 is 10.4 Å². The minimum atomic E-state index is -1.32. The number of carbonyl (C=O) groups excluding carboxylic acids is 1. The molecule has 0 saturated carbocycles. The largest absolute Gasteiger partial charge is 0.480 e. The van der Waals surface area contributed by atoms with Crippen LogP contribution in [0.25, 0.3) is 0 Å². The van der Waals surface area contributed by atoms with Crippen molar-refractivity contribution in [3.05, 3.63) is 74.8 Å². The molecular weight excluding hydrogens is 336 g/mol. The Hall–Kier alpha value is -2.93. The van der Waals surface area contributed by atoms with E-state index in [-0.39, 0.29) is 28.3 Å². The average molecular weight is 349 g/mol. The summed E-state index contributed by atoms with van der Waals surface area (Å²) in [6, 6.07) is 10.7. The molecule has 2 aromatic carbocycles. The lowest BCUT2D eigenvalue weighted by Crippen LogP contribution is -2.42. The Morgan fingerprint density at radius 1 is 1.17 bits per heavy atom. The lowest BCUT2D eigenvalue weighted by Gasteiger charge is -2.15. The van der Waals surface area contributed by atoms with Crippen LogP contribution in [0.1, 0.15) is 15.9 Å². The smallest absolute Gasteiger partial charge is 0.326 e. The third-order valence-corrected chi connectivity index (χ3v) is 3.66. The Morgan fingerprint density at radius 3 is 2.42 bits per heavy atom. The second-order valence-electron chi connectivity index (χ2n) is 4.93. The predicted octanol–water partition coefficient (Wildman–Crippen LogP) is 2.67. The Kier molecular flexibility index (Phi) is 5.49. The zero-order chi connectivity index (χ0) is 17.7. The van der Waals surface area contributed by atoms with E-state index in [1.165, 1.54) is 30.3 Å². The second kappa shape index (κ2) is 7.56. The van der Waals surface area contributed by atoms with Gasteiger partial charge in [0, 0.05) is 18.1 Å². The maximum absolute atomic E-state index is 12.2. The first kappa shape index (κ1) is 17.4. The molecular formula is C16H13ClN2O5. The van der Waals surface area contributed by atoms with Crippen LogP contribution in [-0.2, 0) is 11.2 Å². The fourth-order valence-corrected chi connectivity index (χ4v) is 2.38. The summed E-state index contributed by atoms with van der Waals surface area (Å²) >= 11 is 5.91. The van der Waals surface area contributed by atoms with E-state index >= 15 is 0 Å². The van der Waals surface area contributed by atoms with E-state index < -0.39 is 22.8 Å². The monoisotopic (exact) mass is 348 g/mol. The molecule has 124 valence electrons. The van der Waals surface area contributed by atoms with Gasteiger partial charge in [-0.25, -0.2) is 4.79 Å². The lowest BCUT2D eigenvalue weighted by molar-refractivity contribution is -0.385. The molecule has 0 aliphatic rings. The Labute approximate surface area is 142 Å². The first-order valence-corrected chi connectivity index (χ1v) is 7.28. The molecule has 0 aromatic heterocycles. The summed E-state index contributed by atoms with van der Waals surface area (Å²) in [5, 5.41) is 22.9. The van der Waals surface area contributed by atoms with Gasteiger partial charge in [-0.2, -0.15) is 0 Å². The van der Waals surface area contributed by atoms with Crippen LogP contribution in [0.4, 0.5) is 5.69 Å². The molecule has 0 fully saturated rings. The molecule has 8 heteroatoms. The van der Waals surface area contributed by atoms with Gasteiger partial charge in [0.25, 0.3) is 11.6 Å². The van der Waals surface area contributed by atoms with Crippen LogP contribution in [0.5, 0.6) is 0 Å². The summed E-state index contributed by atoms with van der Waals surface area (Å²) in [4.78, 5) is 34.0. The number of hydrogen-bond donors (Lipinski definition) is 2. The Morgan fingerprint density at radius 2 is 1.79 bits per heavy atom. The molecule has 0 unspecified atom stereocenters. The minimum absolute atomic E-state index is 0.132. The molecule has 2 rings (SSSR count). The number of nitro benzene ring substituents is 1. The molecule has 24 heavy (non-hydrogen) atoms. The topological polar surface area (TPSA) is 110 Å². The third-order valence-electron chi connectivity index (χ3n) is 3.33. The Balaban J connectivity index is 2.22. The number of nitrogens with one attached hydrogen (secondary N) is 1. The SMILES string of the molecule is O=C(N[C@@H](Cc1ccccc1[N+](=O)[O-])C(=O)O)c1ccccc1Cl. The molecule has 2 N–H and O–H groups in total. The van der Waals surface area contributed by atoms with Crippen molar-refractivity contribution in [2.24, 2.45) is 0 Å². The van der Waals surface area contributed by atoms with Gasteiger partial charge in [-0.15, -0.1) is 0 Å². The highest BCUT2D eigenvalue weighted by Crippen LogP contribution is 2.20.